The van der Waals surface area contributed by atoms with Crippen molar-refractivity contribution >= 4 is 16.9 Å². The summed E-state index contributed by atoms with van der Waals surface area (Å²) in [7, 11) is 1.59. The molecule has 1 N–H and O–H groups in total. The van der Waals surface area contributed by atoms with Crippen LogP contribution in [0.1, 0.15) is 11.6 Å². The van der Waals surface area contributed by atoms with E-state index < -0.39 is 4.92 Å². The molecule has 108 valence electrons. The van der Waals surface area contributed by atoms with E-state index in [0.717, 1.165) is 16.8 Å². The van der Waals surface area contributed by atoms with Crippen LogP contribution in [0.15, 0.2) is 24.4 Å². The van der Waals surface area contributed by atoms with Crippen molar-refractivity contribution in [2.75, 3.05) is 7.11 Å². The summed E-state index contributed by atoms with van der Waals surface area (Å²) in [6.45, 7) is 1.98. The molecule has 0 aliphatic heterocycles. The second-order valence-electron chi connectivity index (χ2n) is 4.57. The van der Waals surface area contributed by atoms with E-state index >= 15 is 0 Å². The average Bonchev–Trinajstić information content (AvgIpc) is 3.02. The van der Waals surface area contributed by atoms with Gasteiger partial charge >= 0.3 is 5.82 Å². The molecule has 0 unspecified atom stereocenters. The van der Waals surface area contributed by atoms with Crippen molar-refractivity contribution < 1.29 is 9.66 Å². The van der Waals surface area contributed by atoms with E-state index in [2.05, 4.69) is 15.0 Å². The molecule has 2 heterocycles. The Morgan fingerprint density at radius 3 is 3.00 bits per heavy atom. The summed E-state index contributed by atoms with van der Waals surface area (Å²) in [5, 5.41) is 11.0. The molecule has 1 aromatic carbocycles. The van der Waals surface area contributed by atoms with Crippen molar-refractivity contribution in [1.29, 1.82) is 0 Å². The minimum Gasteiger partial charge on any atom is -0.497 e. The van der Waals surface area contributed by atoms with Crippen LogP contribution < -0.4 is 4.74 Å². The van der Waals surface area contributed by atoms with E-state index in [1.165, 1.54) is 10.8 Å². The van der Waals surface area contributed by atoms with Crippen molar-refractivity contribution in [3.63, 3.8) is 0 Å². The molecule has 0 saturated heterocycles. The molecule has 3 rings (SSSR count). The predicted molar refractivity (Wildman–Crippen MR) is 75.4 cm³/mol. The number of hydrogen-bond acceptors (Lipinski definition) is 5. The Morgan fingerprint density at radius 2 is 2.29 bits per heavy atom. The molecule has 0 radical (unpaired) electrons. The highest BCUT2D eigenvalue weighted by Crippen LogP contribution is 2.20. The van der Waals surface area contributed by atoms with Crippen LogP contribution in [-0.4, -0.2) is 31.6 Å². The number of nitrogens with one attached hydrogen (secondary N) is 1. The number of rotatable bonds is 4. The summed E-state index contributed by atoms with van der Waals surface area (Å²) >= 11 is 0. The molecule has 0 saturated carbocycles. The van der Waals surface area contributed by atoms with Gasteiger partial charge in [-0.15, -0.1) is 0 Å². The molecule has 8 heteroatoms. The van der Waals surface area contributed by atoms with Crippen LogP contribution in [0.25, 0.3) is 11.0 Å². The lowest BCUT2D eigenvalue weighted by Crippen LogP contribution is -2.07. The van der Waals surface area contributed by atoms with Crippen molar-refractivity contribution in [2.45, 2.75) is 13.5 Å². The van der Waals surface area contributed by atoms with Gasteiger partial charge in [-0.25, -0.2) is 14.5 Å². The van der Waals surface area contributed by atoms with Gasteiger partial charge in [0.2, 0.25) is 0 Å². The van der Waals surface area contributed by atoms with Crippen molar-refractivity contribution in [3.05, 3.63) is 46.2 Å². The van der Waals surface area contributed by atoms with Gasteiger partial charge in [0.25, 0.3) is 0 Å². The first-order valence-electron chi connectivity index (χ1n) is 6.27. The SMILES string of the molecule is COc1ccc2nc(Cn3c([N+](=O)[O-])cnc3C)[nH]c2c1. The van der Waals surface area contributed by atoms with Crippen LogP contribution in [0, 0.1) is 17.0 Å². The van der Waals surface area contributed by atoms with E-state index in [-0.39, 0.29) is 12.4 Å². The molecule has 3 aromatic rings. The molecule has 0 amide bonds. The van der Waals surface area contributed by atoms with E-state index in [0.29, 0.717) is 11.6 Å². The lowest BCUT2D eigenvalue weighted by atomic mass is 10.3. The second-order valence-corrected chi connectivity index (χ2v) is 4.57. The number of methoxy groups -OCH3 is 1. The van der Waals surface area contributed by atoms with E-state index in [4.69, 9.17) is 4.74 Å². The molecule has 2 aromatic heterocycles. The van der Waals surface area contributed by atoms with Crippen molar-refractivity contribution in [3.8, 4) is 5.75 Å². The third kappa shape index (κ3) is 2.31. The number of nitrogens with zero attached hydrogens (tertiary/aromatic N) is 4. The molecule has 0 spiro atoms. The third-order valence-electron chi connectivity index (χ3n) is 3.27. The summed E-state index contributed by atoms with van der Waals surface area (Å²) in [6.07, 6.45) is 1.25. The lowest BCUT2D eigenvalue weighted by molar-refractivity contribution is -0.392. The summed E-state index contributed by atoms with van der Waals surface area (Å²) < 4.78 is 6.66. The Morgan fingerprint density at radius 1 is 1.48 bits per heavy atom. The number of fused-ring (bicyclic) bond motifs is 1. The lowest BCUT2D eigenvalue weighted by Gasteiger charge is -2.00. The third-order valence-corrected chi connectivity index (χ3v) is 3.27. The van der Waals surface area contributed by atoms with Crippen LogP contribution in [0.3, 0.4) is 0 Å². The maximum Gasteiger partial charge on any atom is 0.343 e. The van der Waals surface area contributed by atoms with Crippen molar-refractivity contribution in [2.24, 2.45) is 0 Å². The zero-order valence-corrected chi connectivity index (χ0v) is 11.5. The number of ether oxygens (including phenoxy) is 1. The number of H-pyrrole nitrogens is 1. The van der Waals surface area contributed by atoms with Crippen molar-refractivity contribution in [1.82, 2.24) is 19.5 Å². The molecule has 0 atom stereocenters. The average molecular weight is 287 g/mol. The molecule has 0 aliphatic rings. The van der Waals surface area contributed by atoms with E-state index in [1.54, 1.807) is 14.0 Å². The Bertz CT molecular complexity index is 820. The first kappa shape index (κ1) is 13.1. The number of aryl methyl sites for hydroxylation is 1. The highest BCUT2D eigenvalue weighted by atomic mass is 16.6. The second kappa shape index (κ2) is 4.89. The molecule has 0 fully saturated rings. The van der Waals surface area contributed by atoms with Gasteiger partial charge in [0.1, 0.15) is 17.8 Å². The van der Waals surface area contributed by atoms with Gasteiger partial charge in [-0.3, -0.25) is 0 Å². The summed E-state index contributed by atoms with van der Waals surface area (Å²) in [4.78, 5) is 22.1. The van der Waals surface area contributed by atoms with Crippen LogP contribution in [0.5, 0.6) is 5.75 Å². The smallest absolute Gasteiger partial charge is 0.343 e. The zero-order chi connectivity index (χ0) is 15.0. The first-order chi connectivity index (χ1) is 10.1. The molecule has 0 bridgehead atoms. The summed E-state index contributed by atoms with van der Waals surface area (Å²) in [5.41, 5.74) is 1.61. The van der Waals surface area contributed by atoms with Gasteiger partial charge in [-0.05, 0) is 17.1 Å². The minimum atomic E-state index is -0.453. The fourth-order valence-electron chi connectivity index (χ4n) is 2.19. The van der Waals surface area contributed by atoms with Crippen LogP contribution in [-0.2, 0) is 6.54 Å². The van der Waals surface area contributed by atoms with Crippen LogP contribution in [0.4, 0.5) is 5.82 Å². The summed E-state index contributed by atoms with van der Waals surface area (Å²) in [5.74, 6) is 1.87. The summed E-state index contributed by atoms with van der Waals surface area (Å²) in [6, 6.07) is 5.49. The molecule has 8 nitrogen and oxygen atoms in total. The normalized spacial score (nSPS) is 11.0. The minimum absolute atomic E-state index is 0.0504. The standard InChI is InChI=1S/C13H13N5O3/c1-8-14-6-13(18(19)20)17(8)7-12-15-10-4-3-9(21-2)5-11(10)16-12/h3-6H,7H2,1-2H3,(H,15,16). The number of nitro groups is 1. The molecule has 21 heavy (non-hydrogen) atoms. The largest absolute Gasteiger partial charge is 0.497 e. The topological polar surface area (TPSA) is 98.9 Å². The highest BCUT2D eigenvalue weighted by molar-refractivity contribution is 5.76. The Kier molecular flexibility index (Phi) is 3.05. The molecular formula is C13H13N5O3. The van der Waals surface area contributed by atoms with Gasteiger partial charge in [0.15, 0.2) is 12.4 Å². The Labute approximate surface area is 119 Å². The highest BCUT2D eigenvalue weighted by Gasteiger charge is 2.19. The van der Waals surface area contributed by atoms with Gasteiger partial charge in [-0.2, -0.15) is 0 Å². The van der Waals surface area contributed by atoms with E-state index in [9.17, 15) is 10.1 Å². The Hall–Kier alpha value is -2.90. The van der Waals surface area contributed by atoms with Gasteiger partial charge in [-0.1, -0.05) is 0 Å². The maximum atomic E-state index is 11.0. The van der Waals surface area contributed by atoms with Gasteiger partial charge < -0.3 is 19.8 Å². The zero-order valence-electron chi connectivity index (χ0n) is 11.5. The first-order valence-corrected chi connectivity index (χ1v) is 6.27. The number of imidazole rings is 2. The monoisotopic (exact) mass is 287 g/mol. The Balaban J connectivity index is 1.98. The van der Waals surface area contributed by atoms with Crippen LogP contribution >= 0.6 is 0 Å². The van der Waals surface area contributed by atoms with E-state index in [1.807, 2.05) is 18.2 Å². The molecule has 0 aliphatic carbocycles. The van der Waals surface area contributed by atoms with Crippen LogP contribution in [0.2, 0.25) is 0 Å². The maximum absolute atomic E-state index is 11.0. The van der Waals surface area contributed by atoms with Gasteiger partial charge in [0, 0.05) is 13.0 Å². The molecular weight excluding hydrogens is 274 g/mol. The quantitative estimate of drug-likeness (QED) is 0.584. The number of aromatic amines is 1. The number of aromatic nitrogens is 4. The fourth-order valence-corrected chi connectivity index (χ4v) is 2.19. The number of hydrogen-bond donors (Lipinski definition) is 1. The fraction of sp³-hybridized carbons (Fsp3) is 0.231. The predicted octanol–water partition coefficient (Wildman–Crippen LogP) is 2.03. The number of benzene rings is 1. The van der Waals surface area contributed by atoms with Gasteiger partial charge in [0.05, 0.1) is 18.1 Å².